The van der Waals surface area contributed by atoms with Crippen molar-refractivity contribution in [2.75, 3.05) is 20.3 Å². The van der Waals surface area contributed by atoms with Gasteiger partial charge in [-0.15, -0.1) is 0 Å². The van der Waals surface area contributed by atoms with E-state index in [-0.39, 0.29) is 19.0 Å². The smallest absolute Gasteiger partial charge is 0.199 e. The van der Waals surface area contributed by atoms with Crippen LogP contribution in [0.4, 0.5) is 0 Å². The molecule has 0 fully saturated rings. The zero-order valence-electron chi connectivity index (χ0n) is 18.1. The van der Waals surface area contributed by atoms with E-state index in [4.69, 9.17) is 14.2 Å². The number of benzene rings is 3. The number of carbonyl (C=O) groups is 1. The van der Waals surface area contributed by atoms with Crippen LogP contribution in [0.15, 0.2) is 91.3 Å². The first-order valence-electron chi connectivity index (χ1n) is 10.5. The molecule has 7 heteroatoms. The molecule has 4 rings (SSSR count). The number of hydrogen-bond donors (Lipinski definition) is 1. The lowest BCUT2D eigenvalue weighted by Crippen LogP contribution is -2.25. The summed E-state index contributed by atoms with van der Waals surface area (Å²) in [5.41, 5.74) is 1.70. The molecule has 0 aliphatic rings. The second kappa shape index (κ2) is 10.5. The minimum atomic E-state index is -0.879. The van der Waals surface area contributed by atoms with Crippen LogP contribution in [0.3, 0.4) is 0 Å². The number of aromatic nitrogens is 2. The molecule has 1 N–H and O–H groups in total. The summed E-state index contributed by atoms with van der Waals surface area (Å²) in [5, 5.41) is 14.6. The summed E-state index contributed by atoms with van der Waals surface area (Å²) in [4.78, 5) is 13.1. The fraction of sp³-hybridized carbons (Fsp3) is 0.154. The van der Waals surface area contributed by atoms with Crippen molar-refractivity contribution >= 4 is 5.78 Å². The third kappa shape index (κ3) is 5.58. The summed E-state index contributed by atoms with van der Waals surface area (Å²) in [7, 11) is 1.59. The Morgan fingerprint density at radius 1 is 0.909 bits per heavy atom. The van der Waals surface area contributed by atoms with Crippen LogP contribution in [0.1, 0.15) is 15.9 Å². The maximum absolute atomic E-state index is 13.1. The summed E-state index contributed by atoms with van der Waals surface area (Å²) in [5.74, 6) is 1.51. The van der Waals surface area contributed by atoms with Crippen molar-refractivity contribution in [2.24, 2.45) is 0 Å². The summed E-state index contributed by atoms with van der Waals surface area (Å²) < 4.78 is 18.1. The molecule has 3 aromatic carbocycles. The number of nitrogens with zero attached hydrogens (tertiary/aromatic N) is 2. The number of ether oxygens (including phenoxy) is 3. The van der Waals surface area contributed by atoms with E-state index in [1.165, 1.54) is 6.20 Å². The monoisotopic (exact) mass is 444 g/mol. The van der Waals surface area contributed by atoms with Crippen molar-refractivity contribution in [3.8, 4) is 22.9 Å². The molecule has 0 saturated carbocycles. The molecule has 0 spiro atoms. The third-order valence-corrected chi connectivity index (χ3v) is 4.93. The Bertz CT molecular complexity index is 1190. The molecular formula is C26H24N2O5. The predicted octanol–water partition coefficient (Wildman–Crippen LogP) is 3.93. The number of aliphatic hydroxyl groups is 1. The zero-order valence-corrected chi connectivity index (χ0v) is 18.1. The molecule has 7 nitrogen and oxygen atoms in total. The lowest BCUT2D eigenvalue weighted by molar-refractivity contribution is 0.0621. The van der Waals surface area contributed by atoms with Gasteiger partial charge in [0.25, 0.3) is 0 Å². The lowest BCUT2D eigenvalue weighted by Gasteiger charge is -2.15. The highest BCUT2D eigenvalue weighted by molar-refractivity contribution is 6.10. The van der Waals surface area contributed by atoms with Gasteiger partial charge in [-0.25, -0.2) is 4.68 Å². The SMILES string of the molecule is COc1ccc(OCC(O)COc2ccccc2C(=O)c2cnn(-c3ccccc3)c2)cc1. The molecular weight excluding hydrogens is 420 g/mol. The Labute approximate surface area is 191 Å². The largest absolute Gasteiger partial charge is 0.497 e. The molecule has 33 heavy (non-hydrogen) atoms. The first-order valence-corrected chi connectivity index (χ1v) is 10.5. The normalized spacial score (nSPS) is 11.6. The molecule has 1 unspecified atom stereocenters. The third-order valence-electron chi connectivity index (χ3n) is 4.93. The van der Waals surface area contributed by atoms with Crippen LogP contribution >= 0.6 is 0 Å². The molecule has 0 radical (unpaired) electrons. The Hall–Kier alpha value is -4.10. The Morgan fingerprint density at radius 2 is 1.58 bits per heavy atom. The van der Waals surface area contributed by atoms with E-state index in [1.807, 2.05) is 30.3 Å². The molecule has 168 valence electrons. The number of hydrogen-bond acceptors (Lipinski definition) is 6. The van der Waals surface area contributed by atoms with Gasteiger partial charge in [0.2, 0.25) is 0 Å². The number of aliphatic hydroxyl groups excluding tert-OH is 1. The lowest BCUT2D eigenvalue weighted by atomic mass is 10.1. The zero-order chi connectivity index (χ0) is 23.0. The molecule has 0 amide bonds. The minimum absolute atomic E-state index is 0.0241. The Kier molecular flexibility index (Phi) is 7.02. The predicted molar refractivity (Wildman–Crippen MR) is 123 cm³/mol. The average Bonchev–Trinajstić information content (AvgIpc) is 3.37. The second-order valence-electron chi connectivity index (χ2n) is 7.29. The van der Waals surface area contributed by atoms with Crippen molar-refractivity contribution in [3.63, 3.8) is 0 Å². The average molecular weight is 444 g/mol. The van der Waals surface area contributed by atoms with Gasteiger partial charge < -0.3 is 19.3 Å². The molecule has 1 aromatic heterocycles. The summed E-state index contributed by atoms with van der Waals surface area (Å²) in [6.45, 7) is 0.0238. The van der Waals surface area contributed by atoms with Crippen molar-refractivity contribution in [1.82, 2.24) is 9.78 Å². The molecule has 1 atom stereocenters. The van der Waals surface area contributed by atoms with Gasteiger partial charge in [0.15, 0.2) is 5.78 Å². The second-order valence-corrected chi connectivity index (χ2v) is 7.29. The number of ketones is 1. The summed E-state index contributed by atoms with van der Waals surface area (Å²) in [6.07, 6.45) is 2.34. The van der Waals surface area contributed by atoms with Crippen molar-refractivity contribution in [2.45, 2.75) is 6.10 Å². The fourth-order valence-electron chi connectivity index (χ4n) is 3.20. The van der Waals surface area contributed by atoms with Crippen LogP contribution in [0.25, 0.3) is 5.69 Å². The summed E-state index contributed by atoms with van der Waals surface area (Å²) >= 11 is 0. The minimum Gasteiger partial charge on any atom is -0.497 e. The van der Waals surface area contributed by atoms with Gasteiger partial charge in [-0.1, -0.05) is 30.3 Å². The van der Waals surface area contributed by atoms with Gasteiger partial charge in [-0.2, -0.15) is 5.10 Å². The Balaban J connectivity index is 1.38. The first-order chi connectivity index (χ1) is 16.1. The number of methoxy groups -OCH3 is 1. The number of carbonyl (C=O) groups excluding carboxylic acids is 1. The highest BCUT2D eigenvalue weighted by Gasteiger charge is 2.17. The van der Waals surface area contributed by atoms with Crippen molar-refractivity contribution in [3.05, 3.63) is 102 Å². The van der Waals surface area contributed by atoms with Gasteiger partial charge in [0.1, 0.15) is 36.6 Å². The van der Waals surface area contributed by atoms with Crippen molar-refractivity contribution < 1.29 is 24.1 Å². The van der Waals surface area contributed by atoms with Crippen LogP contribution in [-0.2, 0) is 0 Å². The molecule has 4 aromatic rings. The van der Waals surface area contributed by atoms with Gasteiger partial charge >= 0.3 is 0 Å². The standard InChI is InChI=1S/C26H24N2O5/c1-31-22-11-13-23(14-12-22)32-17-21(29)18-33-25-10-6-5-9-24(25)26(30)19-15-27-28(16-19)20-7-3-2-4-8-20/h2-16,21,29H,17-18H2,1H3. The number of para-hydroxylation sites is 2. The molecule has 0 bridgehead atoms. The maximum Gasteiger partial charge on any atom is 0.199 e. The molecule has 0 saturated heterocycles. The maximum atomic E-state index is 13.1. The van der Waals surface area contributed by atoms with Crippen LogP contribution in [-0.4, -0.2) is 47.1 Å². The highest BCUT2D eigenvalue weighted by atomic mass is 16.5. The fourth-order valence-corrected chi connectivity index (χ4v) is 3.20. The highest BCUT2D eigenvalue weighted by Crippen LogP contribution is 2.23. The first kappa shape index (κ1) is 22.1. The van der Waals surface area contributed by atoms with Crippen LogP contribution in [0.2, 0.25) is 0 Å². The molecule has 0 aliphatic heterocycles. The molecule has 0 aliphatic carbocycles. The van der Waals surface area contributed by atoms with Gasteiger partial charge in [0, 0.05) is 6.20 Å². The van der Waals surface area contributed by atoms with Gasteiger partial charge in [0.05, 0.1) is 30.1 Å². The topological polar surface area (TPSA) is 82.8 Å². The van der Waals surface area contributed by atoms with Crippen molar-refractivity contribution in [1.29, 1.82) is 0 Å². The van der Waals surface area contributed by atoms with E-state index in [1.54, 1.807) is 66.5 Å². The van der Waals surface area contributed by atoms with E-state index in [0.717, 1.165) is 11.4 Å². The summed E-state index contributed by atoms with van der Waals surface area (Å²) in [6, 6.07) is 23.6. The molecule has 1 heterocycles. The Morgan fingerprint density at radius 3 is 2.33 bits per heavy atom. The van der Waals surface area contributed by atoms with E-state index >= 15 is 0 Å². The van der Waals surface area contributed by atoms with E-state index < -0.39 is 6.10 Å². The quantitative estimate of drug-likeness (QED) is 0.373. The van der Waals surface area contributed by atoms with Gasteiger partial charge in [-0.05, 0) is 48.5 Å². The number of rotatable bonds is 10. The van der Waals surface area contributed by atoms with Crippen LogP contribution in [0.5, 0.6) is 17.2 Å². The van der Waals surface area contributed by atoms with Crippen LogP contribution in [0, 0.1) is 0 Å². The van der Waals surface area contributed by atoms with E-state index in [0.29, 0.717) is 22.6 Å². The van der Waals surface area contributed by atoms with E-state index in [2.05, 4.69) is 5.10 Å². The van der Waals surface area contributed by atoms with E-state index in [9.17, 15) is 9.90 Å². The van der Waals surface area contributed by atoms with Gasteiger partial charge in [-0.3, -0.25) is 4.79 Å². The van der Waals surface area contributed by atoms with Crippen LogP contribution < -0.4 is 14.2 Å².